The van der Waals surface area contributed by atoms with Crippen molar-refractivity contribution in [1.82, 2.24) is 5.32 Å². The summed E-state index contributed by atoms with van der Waals surface area (Å²) in [5.74, 6) is 0. The van der Waals surface area contributed by atoms with E-state index in [1.54, 1.807) is 0 Å². The average molecular weight is 79.1 g/mol. The van der Waals surface area contributed by atoms with Crippen molar-refractivity contribution in [1.29, 1.82) is 0 Å². The molecule has 0 spiro atoms. The fourth-order valence-corrected chi connectivity index (χ4v) is 0.0559. The van der Waals surface area contributed by atoms with E-state index >= 15 is 0 Å². The Hall–Kier alpha value is -0.0800. The lowest BCUT2D eigenvalue weighted by molar-refractivity contribution is 0.296. The first-order valence-electron chi connectivity index (χ1n) is 3.22. The van der Waals surface area contributed by atoms with Crippen LogP contribution in [0.3, 0.4) is 0 Å². The summed E-state index contributed by atoms with van der Waals surface area (Å²) in [6, 6.07) is 0. The molecule has 0 aromatic carbocycles. The van der Waals surface area contributed by atoms with Crippen LogP contribution in [0.5, 0.6) is 0 Å². The van der Waals surface area contributed by atoms with E-state index in [1.807, 2.05) is 5.32 Å². The summed E-state index contributed by atoms with van der Waals surface area (Å²) in [5.41, 5.74) is 0. The zero-order valence-corrected chi connectivity index (χ0v) is 2.95. The summed E-state index contributed by atoms with van der Waals surface area (Å²) >= 11 is 0. The highest BCUT2D eigenvalue weighted by atomic mass is 16.3. The fourth-order valence-electron chi connectivity index (χ4n) is 0.0559. The summed E-state index contributed by atoms with van der Waals surface area (Å²) in [7, 11) is 1.23. The molecule has 2 N–H and O–H groups in total. The van der Waals surface area contributed by atoms with Crippen LogP contribution in [0.2, 0.25) is 0 Å². The Labute approximate surface area is 37.4 Å². The number of nitrogens with one attached hydrogen (secondary N) is 1. The van der Waals surface area contributed by atoms with E-state index < -0.39 is 13.1 Å². The van der Waals surface area contributed by atoms with Gasteiger partial charge >= 0.3 is 0 Å². The van der Waals surface area contributed by atoms with Gasteiger partial charge < -0.3 is 10.4 Å². The molecule has 0 aliphatic heterocycles. The molecule has 0 unspecified atom stereocenters. The van der Waals surface area contributed by atoms with Gasteiger partial charge in [0.15, 0.2) is 0 Å². The van der Waals surface area contributed by atoms with Crippen molar-refractivity contribution in [3.05, 3.63) is 0 Å². The molecule has 0 amide bonds. The van der Waals surface area contributed by atoms with Gasteiger partial charge in [-0.05, 0) is 7.05 Å². The predicted octanol–water partition coefficient (Wildman–Crippen LogP) is -0.802. The molecule has 0 aliphatic carbocycles. The number of hydrogen-bond acceptors (Lipinski definition) is 2. The van der Waals surface area contributed by atoms with Gasteiger partial charge in [-0.25, -0.2) is 0 Å². The van der Waals surface area contributed by atoms with E-state index in [-0.39, 0.29) is 0 Å². The fraction of sp³-hybridized carbons (Fsp3) is 1.00. The van der Waals surface area contributed by atoms with Crippen molar-refractivity contribution in [3.63, 3.8) is 0 Å². The van der Waals surface area contributed by atoms with Crippen molar-refractivity contribution < 1.29 is 10.6 Å². The lowest BCUT2D eigenvalue weighted by Gasteiger charge is -1.84. The number of aliphatic hydroxyl groups is 1. The van der Waals surface area contributed by atoms with Gasteiger partial charge in [-0.15, -0.1) is 0 Å². The maximum absolute atomic E-state index is 8.44. The molecule has 0 heterocycles. The molecule has 0 atom stereocenters. The van der Waals surface area contributed by atoms with Gasteiger partial charge in [0.25, 0.3) is 0 Å². The smallest absolute Gasteiger partial charge is 0.0577 e. The molecule has 0 aliphatic rings. The van der Waals surface area contributed by atoms with Crippen molar-refractivity contribution in [2.75, 3.05) is 20.1 Å². The van der Waals surface area contributed by atoms with E-state index in [9.17, 15) is 0 Å². The van der Waals surface area contributed by atoms with Crippen molar-refractivity contribution in [2.24, 2.45) is 0 Å². The Bertz CT molecular complexity index is 98.5. The van der Waals surface area contributed by atoms with Crippen LogP contribution in [0.25, 0.3) is 0 Å². The van der Waals surface area contributed by atoms with Gasteiger partial charge in [-0.2, -0.15) is 0 Å². The van der Waals surface area contributed by atoms with Crippen molar-refractivity contribution >= 4 is 0 Å². The molecule has 0 aromatic rings. The molecular formula is C3H9NO. The number of rotatable bonds is 2. The van der Waals surface area contributed by atoms with Crippen LogP contribution in [0.4, 0.5) is 0 Å². The molecule has 32 valence electrons. The van der Waals surface area contributed by atoms with Crippen LogP contribution >= 0.6 is 0 Å². The van der Waals surface area contributed by atoms with E-state index in [2.05, 4.69) is 0 Å². The number of likely N-dealkylation sites (N-methyl/N-ethyl adjacent to an activating group) is 1. The maximum atomic E-state index is 8.44. The predicted molar refractivity (Wildman–Crippen MR) is 21.0 cm³/mol. The molecule has 0 aromatic heterocycles. The summed E-state index contributed by atoms with van der Waals surface area (Å²) in [5, 5.41) is 10.4. The highest BCUT2D eigenvalue weighted by Crippen LogP contribution is 1.42. The highest BCUT2D eigenvalue weighted by Gasteiger charge is 1.65. The standard InChI is InChI=1S/C3H9NO/c1-4-2-3-5/h4-5H,2-3H2,1H3/i2D2,3D2. The second-order valence-electron chi connectivity index (χ2n) is 0.487. The Kier molecular flexibility index (Phi) is 0.945. The maximum Gasteiger partial charge on any atom is 0.0577 e. The van der Waals surface area contributed by atoms with Crippen LogP contribution in [0.15, 0.2) is 0 Å². The summed E-state index contributed by atoms with van der Waals surface area (Å²) in [6.45, 7) is -5.21. The van der Waals surface area contributed by atoms with Crippen LogP contribution < -0.4 is 5.32 Å². The van der Waals surface area contributed by atoms with E-state index in [4.69, 9.17) is 10.6 Å². The normalized spacial score (nSPS) is 26.0. The zero-order chi connectivity index (χ0) is 7.71. The first-order valence-corrected chi connectivity index (χ1v) is 1.22. The van der Waals surface area contributed by atoms with E-state index in [0.29, 0.717) is 0 Å². The van der Waals surface area contributed by atoms with E-state index in [0.717, 1.165) is 0 Å². The first-order chi connectivity index (χ1) is 3.81. The molecule has 0 bridgehead atoms. The molecule has 0 saturated heterocycles. The second-order valence-corrected chi connectivity index (χ2v) is 0.487. The van der Waals surface area contributed by atoms with Crippen molar-refractivity contribution in [3.8, 4) is 0 Å². The Balaban J connectivity index is 4.14. The number of hydrogen-bond donors (Lipinski definition) is 2. The summed E-state index contributed by atoms with van der Waals surface area (Å²) in [6.07, 6.45) is 0. The van der Waals surface area contributed by atoms with Gasteiger partial charge in [-0.3, -0.25) is 0 Å². The molecule has 5 heavy (non-hydrogen) atoms. The third-order valence-corrected chi connectivity index (χ3v) is 0.181. The topological polar surface area (TPSA) is 32.3 Å². The van der Waals surface area contributed by atoms with Crippen LogP contribution in [-0.4, -0.2) is 25.2 Å². The van der Waals surface area contributed by atoms with Gasteiger partial charge in [0.05, 0.1) is 9.30 Å². The zero-order valence-electron chi connectivity index (χ0n) is 6.95. The van der Waals surface area contributed by atoms with Crippen LogP contribution in [-0.2, 0) is 0 Å². The molecule has 0 fully saturated rings. The van der Waals surface area contributed by atoms with E-state index in [1.165, 1.54) is 7.05 Å². The monoisotopic (exact) mass is 79.1 g/mol. The molecule has 0 rings (SSSR count). The van der Waals surface area contributed by atoms with Gasteiger partial charge in [0, 0.05) is 9.24 Å². The third-order valence-electron chi connectivity index (χ3n) is 0.181. The summed E-state index contributed by atoms with van der Waals surface area (Å²) < 4.78 is 26.6. The Morgan fingerprint density at radius 3 is 2.80 bits per heavy atom. The molecule has 2 nitrogen and oxygen atoms in total. The van der Waals surface area contributed by atoms with Gasteiger partial charge in [-0.1, -0.05) is 0 Å². The van der Waals surface area contributed by atoms with Crippen molar-refractivity contribution in [2.45, 2.75) is 0 Å². The second kappa shape index (κ2) is 3.92. The molecule has 0 saturated carbocycles. The quantitative estimate of drug-likeness (QED) is 0.454. The van der Waals surface area contributed by atoms with Crippen LogP contribution in [0, 0.1) is 0 Å². The molecule has 2 heteroatoms. The van der Waals surface area contributed by atoms with Crippen LogP contribution in [0.1, 0.15) is 5.48 Å². The summed E-state index contributed by atoms with van der Waals surface area (Å²) in [4.78, 5) is 0. The first kappa shape index (κ1) is 1.21. The minimum absolute atomic E-state index is 1.23. The molecular weight excluding hydrogens is 66.0 g/mol. The third kappa shape index (κ3) is 3.92. The molecule has 0 radical (unpaired) electrons. The van der Waals surface area contributed by atoms with Gasteiger partial charge in [0.1, 0.15) is 0 Å². The average Bonchev–Trinajstić information content (AvgIpc) is 1.64. The highest BCUT2D eigenvalue weighted by molar-refractivity contribution is 4.27. The minimum atomic E-state index is -2.83. The minimum Gasteiger partial charge on any atom is -0.395 e. The largest absolute Gasteiger partial charge is 0.395 e. The Morgan fingerprint density at radius 2 is 2.80 bits per heavy atom. The lowest BCUT2D eigenvalue weighted by atomic mass is 10.7. The lowest BCUT2D eigenvalue weighted by Crippen LogP contribution is -2.10. The van der Waals surface area contributed by atoms with Gasteiger partial charge in [0.2, 0.25) is 0 Å². The SMILES string of the molecule is [2H]C([2H])(O)C([2H])([2H])NC. The Morgan fingerprint density at radius 1 is 2.20 bits per heavy atom.